The third kappa shape index (κ3) is 14.9. The molecule has 4 aliphatic heterocycles. The number of piperidine rings is 1. The zero-order chi connectivity index (χ0) is 64.3. The highest BCUT2D eigenvalue weighted by Crippen LogP contribution is 2.43. The van der Waals surface area contributed by atoms with Crippen LogP contribution in [0.25, 0.3) is 21.3 Å². The van der Waals surface area contributed by atoms with Gasteiger partial charge in [-0.1, -0.05) is 75.4 Å². The summed E-state index contributed by atoms with van der Waals surface area (Å²) in [5.41, 5.74) is 12.8. The minimum absolute atomic E-state index is 0.0198. The number of hydrogen-bond acceptors (Lipinski definition) is 14. The molecule has 9 N–H and O–H groups in total. The molecule has 0 radical (unpaired) electrons. The number of nitrogens with zero attached hydrogens (tertiary/aromatic N) is 4. The Labute approximate surface area is 525 Å². The zero-order valence-corrected chi connectivity index (χ0v) is 52.8. The topological polar surface area (TPSA) is 324 Å². The maximum atomic E-state index is 14.7. The van der Waals surface area contributed by atoms with E-state index in [9.17, 15) is 57.8 Å². The minimum atomic E-state index is -5.04. The number of nitrogens with one attached hydrogen (secondary N) is 4. The van der Waals surface area contributed by atoms with Crippen LogP contribution in [0.5, 0.6) is 0 Å². The van der Waals surface area contributed by atoms with E-state index < -0.39 is 84.3 Å². The van der Waals surface area contributed by atoms with Crippen LogP contribution in [-0.2, 0) is 64.1 Å². The number of rotatable bonds is 23. The molecule has 0 unspecified atom stereocenters. The summed E-state index contributed by atoms with van der Waals surface area (Å²) in [7, 11) is -5.04. The number of aromatic nitrogens is 2. The number of fused-ring (bicyclic) bond motifs is 1. The number of nitrogens with two attached hydrogens (primary N) is 1. The molecule has 2 aromatic heterocycles. The number of aliphatic hydroxyl groups excluding tert-OH is 1. The van der Waals surface area contributed by atoms with Crippen LogP contribution in [0.3, 0.4) is 0 Å². The van der Waals surface area contributed by atoms with E-state index in [1.54, 1.807) is 23.8 Å². The number of primary amides is 1. The van der Waals surface area contributed by atoms with E-state index in [1.807, 2.05) is 94.4 Å². The molecule has 0 bridgehead atoms. The number of hydrogen-bond donors (Lipinski definition) is 8. The normalized spacial score (nSPS) is 19.6. The van der Waals surface area contributed by atoms with Gasteiger partial charge >= 0.3 is 7.60 Å². The molecule has 6 aromatic rings. The standard InChI is InChI=1S/C66H78N9O13PS/c1-37-59(90-36-69-37)43-13-9-40(10-14-43)33-68-61(80)53-32-49(76)34-74(53)64(83)60(66(3,4)5)72-57(79)27-39-23-25-73(26-24-39)48-18-11-41(12-19-48)35-88-38(2)50(21-22-56(67)78)71-62(81)54-30-44-8-6-7-42-15-16-45(63(82)75(54)58(42)44)31-55(77)52-29-47-28-46(17-20-51(47)70-52)65(84)89(85,86)87/h6-14,17-20,28-29,36,38-39,45,49-50,53-54,60,70,76H,15-16,21-27,30-35H2,1-5H3,(H2,67,78)(H,68,80)(H,71,81)(H,72,79)(H2,85,86,87)/t38-,45-,49-,50+,53+,54+,60-/m1/s1. The highest BCUT2D eigenvalue weighted by Gasteiger charge is 2.47. The number of thiazole rings is 1. The molecule has 10 rings (SSSR count). The first kappa shape index (κ1) is 65.0. The molecule has 4 aromatic carbocycles. The molecular weight excluding hydrogens is 1190 g/mol. The number of carbonyl (C=O) groups is 8. The summed E-state index contributed by atoms with van der Waals surface area (Å²) in [5, 5.41) is 20.2. The van der Waals surface area contributed by atoms with E-state index in [1.165, 1.54) is 34.1 Å². The lowest BCUT2D eigenvalue weighted by atomic mass is 9.85. The van der Waals surface area contributed by atoms with Gasteiger partial charge in [0.25, 0.3) is 5.52 Å². The van der Waals surface area contributed by atoms with Crippen molar-refractivity contribution >= 4 is 88.0 Å². The molecule has 7 atom stereocenters. The Morgan fingerprint density at radius 3 is 2.27 bits per heavy atom. The SMILES string of the molecule is Cc1ncsc1-c1ccc(CNC(=O)[C@@H]2C[C@@H](O)CN2C(=O)[C@@H](NC(=O)CC2CCN(c3ccc(CO[C@H](C)[C@H](CCC(N)=O)NC(=O)[C@@H]4Cc5cccc6c5N4C(=O)[C@@H](CC(=O)c4cc5cc(C(=O)P(=O)(O)O)ccc5[nH]4)CC6)cc3)CC2)C(C)(C)C)cc1. The van der Waals surface area contributed by atoms with Crippen LogP contribution < -0.4 is 31.5 Å². The molecule has 6 amide bonds. The van der Waals surface area contributed by atoms with E-state index in [-0.39, 0.29) is 93.1 Å². The number of anilines is 2. The average Bonchev–Trinajstić information content (AvgIpc) is 1.67. The Morgan fingerprint density at radius 1 is 0.878 bits per heavy atom. The highest BCUT2D eigenvalue weighted by atomic mass is 32.1. The average molecular weight is 1270 g/mol. The van der Waals surface area contributed by atoms with E-state index in [0.29, 0.717) is 42.5 Å². The number of benzene rings is 4. The summed E-state index contributed by atoms with van der Waals surface area (Å²) in [5.74, 6) is -3.57. The second-order valence-electron chi connectivity index (χ2n) is 25.4. The van der Waals surface area contributed by atoms with Gasteiger partial charge in [0.2, 0.25) is 35.4 Å². The number of likely N-dealkylation sites (tertiary alicyclic amines) is 1. The number of H-pyrrole nitrogens is 1. The molecule has 0 spiro atoms. The Kier molecular flexibility index (Phi) is 19.7. The van der Waals surface area contributed by atoms with Crippen molar-refractivity contribution in [1.29, 1.82) is 0 Å². The molecule has 0 aliphatic carbocycles. The van der Waals surface area contributed by atoms with Gasteiger partial charge in [0.15, 0.2) is 5.78 Å². The van der Waals surface area contributed by atoms with Gasteiger partial charge in [-0.2, -0.15) is 0 Å². The summed E-state index contributed by atoms with van der Waals surface area (Å²) < 4.78 is 18.0. The molecule has 0 saturated carbocycles. The number of ether oxygens (including phenoxy) is 1. The molecule has 2 saturated heterocycles. The number of Topliss-reactive ketones (excluding diaryl/α,β-unsaturated/α-hetero) is 1. The lowest BCUT2D eigenvalue weighted by Gasteiger charge is -2.36. The Morgan fingerprint density at radius 2 is 1.59 bits per heavy atom. The number of para-hydroxylation sites is 1. The monoisotopic (exact) mass is 1270 g/mol. The first-order valence-corrected chi connectivity index (χ1v) is 33.1. The van der Waals surface area contributed by atoms with Crippen molar-refractivity contribution in [1.82, 2.24) is 30.8 Å². The third-order valence-corrected chi connectivity index (χ3v) is 19.7. The lowest BCUT2D eigenvalue weighted by molar-refractivity contribution is -0.144. The summed E-state index contributed by atoms with van der Waals surface area (Å²) in [6.07, 6.45) is 1.25. The molecule has 6 heterocycles. The molecule has 90 heavy (non-hydrogen) atoms. The largest absolute Gasteiger partial charge is 0.396 e. The third-order valence-electron chi connectivity index (χ3n) is 17.9. The number of ketones is 1. The van der Waals surface area contributed by atoms with Crippen LogP contribution >= 0.6 is 18.9 Å². The van der Waals surface area contributed by atoms with Crippen molar-refractivity contribution in [3.05, 3.63) is 136 Å². The fourth-order valence-corrected chi connectivity index (χ4v) is 14.1. The molecule has 476 valence electrons. The van der Waals surface area contributed by atoms with Gasteiger partial charge in [-0.05, 0) is 121 Å². The second kappa shape index (κ2) is 27.3. The number of aryl methyl sites for hydroxylation is 2. The maximum Gasteiger partial charge on any atom is 0.396 e. The quantitative estimate of drug-likeness (QED) is 0.0242. The van der Waals surface area contributed by atoms with Crippen LogP contribution in [-0.4, -0.2) is 133 Å². The number of aliphatic hydroxyl groups is 1. The van der Waals surface area contributed by atoms with E-state index in [2.05, 4.69) is 30.8 Å². The Bertz CT molecular complexity index is 3760. The molecular formula is C66H78N9O13PS. The maximum absolute atomic E-state index is 14.7. The predicted octanol–water partition coefficient (Wildman–Crippen LogP) is 6.78. The van der Waals surface area contributed by atoms with Gasteiger partial charge in [0, 0.05) is 86.4 Å². The summed E-state index contributed by atoms with van der Waals surface area (Å²) >= 11 is 1.56. The van der Waals surface area contributed by atoms with Crippen LogP contribution in [0.4, 0.5) is 11.4 Å². The van der Waals surface area contributed by atoms with Crippen molar-refractivity contribution in [3.8, 4) is 10.4 Å². The van der Waals surface area contributed by atoms with E-state index in [0.717, 1.165) is 56.9 Å². The van der Waals surface area contributed by atoms with Gasteiger partial charge in [0.1, 0.15) is 18.1 Å². The van der Waals surface area contributed by atoms with Crippen LogP contribution in [0.1, 0.15) is 128 Å². The first-order valence-electron chi connectivity index (χ1n) is 30.6. The molecule has 22 nitrogen and oxygen atoms in total. The number of β-amino-alcohol motifs (C(OH)–C–C–N with tert-alkyl or cyclic N) is 1. The molecule has 4 aliphatic rings. The Balaban J connectivity index is 0.704. The summed E-state index contributed by atoms with van der Waals surface area (Å²) in [6.45, 7) is 11.2. The van der Waals surface area contributed by atoms with E-state index in [4.69, 9.17) is 10.5 Å². The van der Waals surface area contributed by atoms with Gasteiger partial charge < -0.3 is 56.1 Å². The predicted molar refractivity (Wildman–Crippen MR) is 339 cm³/mol. The summed E-state index contributed by atoms with van der Waals surface area (Å²) in [6, 6.07) is 23.5. The van der Waals surface area contributed by atoms with Crippen LogP contribution in [0.2, 0.25) is 0 Å². The first-order chi connectivity index (χ1) is 42.8. The summed E-state index contributed by atoms with van der Waals surface area (Å²) in [4.78, 5) is 142. The fourth-order valence-electron chi connectivity index (χ4n) is 12.8. The van der Waals surface area contributed by atoms with Crippen molar-refractivity contribution in [2.75, 3.05) is 29.4 Å². The van der Waals surface area contributed by atoms with E-state index >= 15 is 0 Å². The zero-order valence-electron chi connectivity index (χ0n) is 51.1. The number of amides is 6. The van der Waals surface area contributed by atoms with Crippen molar-refractivity contribution in [2.45, 2.75) is 148 Å². The van der Waals surface area contributed by atoms with Crippen molar-refractivity contribution in [2.24, 2.45) is 23.0 Å². The Hall–Kier alpha value is -7.92. The van der Waals surface area contributed by atoms with Crippen molar-refractivity contribution in [3.63, 3.8) is 0 Å². The minimum Gasteiger partial charge on any atom is -0.391 e. The van der Waals surface area contributed by atoms with Crippen LogP contribution in [0.15, 0.2) is 96.5 Å². The van der Waals surface area contributed by atoms with Gasteiger partial charge in [-0.25, -0.2) is 4.98 Å². The number of aromatic amines is 1. The highest BCUT2D eigenvalue weighted by molar-refractivity contribution is 7.70. The van der Waals surface area contributed by atoms with Gasteiger partial charge in [-0.15, -0.1) is 11.3 Å². The van der Waals surface area contributed by atoms with Gasteiger partial charge in [0.05, 0.1) is 52.3 Å². The molecule has 2 fully saturated rings. The fraction of sp³-hybridized carbons (Fsp3) is 0.439. The molecule has 24 heteroatoms. The number of carbonyl (C=O) groups excluding carboxylic acids is 8. The van der Waals surface area contributed by atoms with Crippen molar-refractivity contribution < 1.29 is 62.6 Å². The van der Waals surface area contributed by atoms with Crippen LogP contribution in [0, 0.1) is 24.2 Å². The smallest absolute Gasteiger partial charge is 0.391 e. The second-order valence-corrected chi connectivity index (χ2v) is 27.8. The lowest BCUT2D eigenvalue weighted by Crippen LogP contribution is -2.58. The van der Waals surface area contributed by atoms with Gasteiger partial charge in [-0.3, -0.25) is 47.8 Å².